The van der Waals surface area contributed by atoms with Crippen LogP contribution in [0, 0.1) is 6.92 Å². The predicted molar refractivity (Wildman–Crippen MR) is 130 cm³/mol. The van der Waals surface area contributed by atoms with E-state index >= 15 is 0 Å². The van der Waals surface area contributed by atoms with E-state index in [4.69, 9.17) is 21.1 Å². The molecule has 0 aromatic heterocycles. The van der Waals surface area contributed by atoms with Gasteiger partial charge in [0.15, 0.2) is 6.61 Å². The summed E-state index contributed by atoms with van der Waals surface area (Å²) in [5.74, 6) is 1.26. The van der Waals surface area contributed by atoms with Crippen LogP contribution in [0.2, 0.25) is 5.02 Å². The molecule has 2 N–H and O–H groups in total. The van der Waals surface area contributed by atoms with Crippen molar-refractivity contribution >= 4 is 40.6 Å². The number of anilines is 3. The first kappa shape index (κ1) is 22.5. The lowest BCUT2D eigenvalue weighted by molar-refractivity contribution is -0.121. The first-order valence-electron chi connectivity index (χ1n) is 10.6. The van der Waals surface area contributed by atoms with Crippen molar-refractivity contribution < 1.29 is 19.1 Å². The minimum absolute atomic E-state index is 0.0201. The number of nitrogens with one attached hydrogen (secondary N) is 2. The number of hydrogen-bond donors (Lipinski definition) is 2. The summed E-state index contributed by atoms with van der Waals surface area (Å²) in [5, 5.41) is 6.04. The Hall–Kier alpha value is -3.71. The Morgan fingerprint density at radius 3 is 2.64 bits per heavy atom. The van der Waals surface area contributed by atoms with Gasteiger partial charge in [-0.25, -0.2) is 4.79 Å². The van der Waals surface area contributed by atoms with Gasteiger partial charge < -0.3 is 25.0 Å². The van der Waals surface area contributed by atoms with Crippen LogP contribution in [0.4, 0.5) is 21.9 Å². The van der Waals surface area contributed by atoms with Crippen molar-refractivity contribution in [2.45, 2.75) is 13.3 Å². The normalized spacial score (nSPS) is 12.5. The van der Waals surface area contributed by atoms with Crippen LogP contribution in [0.1, 0.15) is 12.0 Å². The molecule has 4 rings (SSSR count). The van der Waals surface area contributed by atoms with Crippen LogP contribution in [0.25, 0.3) is 0 Å². The molecule has 1 aliphatic heterocycles. The van der Waals surface area contributed by atoms with E-state index in [1.54, 1.807) is 47.4 Å². The number of amides is 3. The number of nitrogens with zero attached hydrogens (tertiary/aromatic N) is 1. The molecule has 0 unspecified atom stereocenters. The maximum atomic E-state index is 12.5. The second-order valence-corrected chi connectivity index (χ2v) is 8.06. The van der Waals surface area contributed by atoms with Gasteiger partial charge in [-0.3, -0.25) is 4.79 Å². The van der Waals surface area contributed by atoms with Gasteiger partial charge in [-0.1, -0.05) is 29.8 Å². The quantitative estimate of drug-likeness (QED) is 0.452. The summed E-state index contributed by atoms with van der Waals surface area (Å²) in [7, 11) is 0. The fourth-order valence-corrected chi connectivity index (χ4v) is 3.69. The number of ether oxygens (including phenoxy) is 2. The van der Waals surface area contributed by atoms with Gasteiger partial charge in [-0.2, -0.15) is 0 Å². The van der Waals surface area contributed by atoms with Gasteiger partial charge >= 0.3 is 6.03 Å². The summed E-state index contributed by atoms with van der Waals surface area (Å²) in [5.41, 5.74) is 2.85. The number of urea groups is 1. The molecule has 170 valence electrons. The van der Waals surface area contributed by atoms with Crippen molar-refractivity contribution in [2.75, 3.05) is 35.3 Å². The fourth-order valence-electron chi connectivity index (χ4n) is 3.50. The number of carbonyl (C=O) groups is 2. The number of rotatable bonds is 7. The Bertz CT molecular complexity index is 1170. The molecule has 1 heterocycles. The van der Waals surface area contributed by atoms with Crippen molar-refractivity contribution in [3.8, 4) is 11.5 Å². The topological polar surface area (TPSA) is 79.9 Å². The third kappa shape index (κ3) is 5.96. The van der Waals surface area contributed by atoms with Crippen molar-refractivity contribution in [2.24, 2.45) is 0 Å². The third-order valence-corrected chi connectivity index (χ3v) is 5.26. The highest BCUT2D eigenvalue weighted by Crippen LogP contribution is 2.34. The van der Waals surface area contributed by atoms with Crippen LogP contribution >= 0.6 is 11.6 Å². The van der Waals surface area contributed by atoms with Crippen LogP contribution in [0.15, 0.2) is 66.7 Å². The van der Waals surface area contributed by atoms with Crippen molar-refractivity contribution in [1.29, 1.82) is 0 Å². The fraction of sp³-hybridized carbons (Fsp3) is 0.200. The second kappa shape index (κ2) is 10.3. The van der Waals surface area contributed by atoms with E-state index in [1.807, 2.05) is 31.2 Å². The Kier molecular flexibility index (Phi) is 7.00. The zero-order valence-electron chi connectivity index (χ0n) is 18.1. The lowest BCUT2D eigenvalue weighted by Gasteiger charge is -2.30. The molecule has 0 spiro atoms. The average molecular weight is 466 g/mol. The minimum Gasteiger partial charge on any atom is -0.494 e. The van der Waals surface area contributed by atoms with Crippen LogP contribution in [0.5, 0.6) is 11.5 Å². The molecular weight excluding hydrogens is 442 g/mol. The molecule has 3 aromatic carbocycles. The second-order valence-electron chi connectivity index (χ2n) is 7.62. The summed E-state index contributed by atoms with van der Waals surface area (Å²) in [6, 6.07) is 19.5. The summed E-state index contributed by atoms with van der Waals surface area (Å²) >= 11 is 5.96. The molecule has 7 nitrogen and oxygen atoms in total. The highest BCUT2D eigenvalue weighted by molar-refractivity contribution is 6.30. The predicted octanol–water partition coefficient (Wildman–Crippen LogP) is 5.49. The van der Waals surface area contributed by atoms with E-state index in [1.165, 1.54) is 0 Å². The SMILES string of the molecule is Cc1cccc(OCCCN2C(=O)COc3ccc(NC(=O)Nc4cccc(Cl)c4)cc32)c1. The smallest absolute Gasteiger partial charge is 0.323 e. The first-order chi connectivity index (χ1) is 16.0. The van der Waals surface area contributed by atoms with Crippen LogP contribution in [-0.2, 0) is 4.79 Å². The molecule has 0 saturated carbocycles. The van der Waals surface area contributed by atoms with Crippen LogP contribution in [-0.4, -0.2) is 31.7 Å². The Morgan fingerprint density at radius 1 is 1.06 bits per heavy atom. The van der Waals surface area contributed by atoms with Gasteiger partial charge in [0.1, 0.15) is 11.5 Å². The molecule has 8 heteroatoms. The van der Waals surface area contributed by atoms with E-state index in [9.17, 15) is 9.59 Å². The van der Waals surface area contributed by atoms with Crippen LogP contribution in [0.3, 0.4) is 0 Å². The first-order valence-corrected chi connectivity index (χ1v) is 11.0. The maximum Gasteiger partial charge on any atom is 0.323 e. The van der Waals surface area contributed by atoms with Gasteiger partial charge in [-0.05, 0) is 67.4 Å². The van der Waals surface area contributed by atoms with Gasteiger partial charge in [0, 0.05) is 22.9 Å². The monoisotopic (exact) mass is 465 g/mol. The van der Waals surface area contributed by atoms with Crippen molar-refractivity contribution in [3.63, 3.8) is 0 Å². The maximum absolute atomic E-state index is 12.5. The van der Waals surface area contributed by atoms with E-state index < -0.39 is 6.03 Å². The minimum atomic E-state index is -0.418. The number of aryl methyl sites for hydroxylation is 1. The summed E-state index contributed by atoms with van der Waals surface area (Å²) in [6.07, 6.45) is 0.645. The molecule has 3 amide bonds. The highest BCUT2D eigenvalue weighted by Gasteiger charge is 2.25. The number of halogens is 1. The Labute approximate surface area is 197 Å². The Morgan fingerprint density at radius 2 is 1.85 bits per heavy atom. The number of benzene rings is 3. The number of carbonyl (C=O) groups excluding carboxylic acids is 2. The molecule has 3 aromatic rings. The largest absolute Gasteiger partial charge is 0.494 e. The average Bonchev–Trinajstić information content (AvgIpc) is 2.78. The van der Waals surface area contributed by atoms with Gasteiger partial charge in [-0.15, -0.1) is 0 Å². The summed E-state index contributed by atoms with van der Waals surface area (Å²) in [6.45, 7) is 2.94. The summed E-state index contributed by atoms with van der Waals surface area (Å²) < 4.78 is 11.4. The van der Waals surface area contributed by atoms with Crippen molar-refractivity contribution in [1.82, 2.24) is 0 Å². The van der Waals surface area contributed by atoms with Crippen LogP contribution < -0.4 is 25.0 Å². The molecule has 0 saturated heterocycles. The highest BCUT2D eigenvalue weighted by atomic mass is 35.5. The van der Waals surface area contributed by atoms with E-state index in [0.717, 1.165) is 11.3 Å². The summed E-state index contributed by atoms with van der Waals surface area (Å²) in [4.78, 5) is 26.6. The standard InChI is InChI=1S/C25H24ClN3O4/c1-17-5-2-8-21(13-17)32-12-4-11-29-22-15-20(9-10-23(22)33-16-24(29)30)28-25(31)27-19-7-3-6-18(26)14-19/h2-3,5-10,13-15H,4,11-12,16H2,1H3,(H2,27,28,31). The molecule has 0 fully saturated rings. The number of fused-ring (bicyclic) bond motifs is 1. The molecule has 33 heavy (non-hydrogen) atoms. The lowest BCUT2D eigenvalue weighted by Crippen LogP contribution is -2.39. The van der Waals surface area contributed by atoms with E-state index in [-0.39, 0.29) is 12.5 Å². The van der Waals surface area contributed by atoms with E-state index in [2.05, 4.69) is 10.6 Å². The molecular formula is C25H24ClN3O4. The van der Waals surface area contributed by atoms with Gasteiger partial charge in [0.05, 0.1) is 12.3 Å². The molecule has 0 aliphatic carbocycles. The Balaban J connectivity index is 1.38. The number of hydrogen-bond acceptors (Lipinski definition) is 4. The van der Waals surface area contributed by atoms with Crippen molar-refractivity contribution in [3.05, 3.63) is 77.3 Å². The lowest BCUT2D eigenvalue weighted by atomic mass is 10.2. The molecule has 0 bridgehead atoms. The zero-order valence-corrected chi connectivity index (χ0v) is 18.9. The third-order valence-electron chi connectivity index (χ3n) is 5.03. The molecule has 1 aliphatic rings. The van der Waals surface area contributed by atoms with Gasteiger partial charge in [0.25, 0.3) is 5.91 Å². The van der Waals surface area contributed by atoms with Gasteiger partial charge in [0.2, 0.25) is 0 Å². The molecule has 0 atom stereocenters. The van der Waals surface area contributed by atoms with E-state index in [0.29, 0.717) is 47.4 Å². The molecule has 0 radical (unpaired) electrons. The zero-order chi connectivity index (χ0) is 23.2.